The molecule has 63 valence electrons. The molecule has 0 bridgehead atoms. The van der Waals surface area contributed by atoms with E-state index in [0.717, 1.165) is 0 Å². The Kier molecular flexibility index (Phi) is 19.8. The molecule has 0 aromatic carbocycles. The summed E-state index contributed by atoms with van der Waals surface area (Å²) in [6.07, 6.45) is 0.769. The van der Waals surface area contributed by atoms with E-state index in [1.54, 1.807) is 6.92 Å². The smallest absolute Gasteiger partial charge is 0.545 e. The molecule has 0 saturated heterocycles. The van der Waals surface area contributed by atoms with Crippen molar-refractivity contribution in [1.82, 2.24) is 0 Å². The number of carboxylic acid groups (broad SMARTS) is 2. The molecule has 4 nitrogen and oxygen atoms in total. The van der Waals surface area contributed by atoms with Crippen molar-refractivity contribution < 1.29 is 59.7 Å². The first-order valence-corrected chi connectivity index (χ1v) is 2.43. The summed E-state index contributed by atoms with van der Waals surface area (Å²) in [7, 11) is 0. The normalized spacial score (nSPS) is 7.45. The maximum atomic E-state index is 9.41. The fourth-order valence-electron chi connectivity index (χ4n) is 0.136. The van der Waals surface area contributed by atoms with Crippen molar-refractivity contribution in [2.45, 2.75) is 6.92 Å². The minimum Gasteiger partial charge on any atom is -0.545 e. The summed E-state index contributed by atoms with van der Waals surface area (Å²) < 4.78 is 0. The Hall–Kier alpha value is 0.00468. The number of carbonyl (C=O) groups excluding carboxylic acids is 2. The van der Waals surface area contributed by atoms with Gasteiger partial charge in [-0.1, -0.05) is 0 Å². The van der Waals surface area contributed by atoms with E-state index in [4.69, 9.17) is 0 Å². The first-order chi connectivity index (χ1) is 4.63. The van der Waals surface area contributed by atoms with Gasteiger partial charge >= 0.3 is 39.9 Å². The Morgan fingerprint density at radius 1 is 1.09 bits per heavy atom. The monoisotopic (exact) mass is 301 g/mol. The van der Waals surface area contributed by atoms with Crippen molar-refractivity contribution in [1.29, 1.82) is 0 Å². The molecule has 0 spiro atoms. The van der Waals surface area contributed by atoms with E-state index in [1.807, 2.05) is 0 Å². The molecule has 0 N–H and O–H groups in total. The summed E-state index contributed by atoms with van der Waals surface area (Å²) in [6, 6.07) is 0. The van der Waals surface area contributed by atoms with Crippen LogP contribution in [0, 0.1) is 46.9 Å². The summed E-state index contributed by atoms with van der Waals surface area (Å²) >= 11 is 0. The van der Waals surface area contributed by atoms with E-state index >= 15 is 0 Å². The Labute approximate surface area is 97.0 Å². The van der Waals surface area contributed by atoms with Gasteiger partial charge in [0.2, 0.25) is 0 Å². The van der Waals surface area contributed by atoms with Gasteiger partial charge in [-0.05, 0) is 12.2 Å². The van der Waals surface area contributed by atoms with E-state index in [1.165, 1.54) is 0 Å². The van der Waals surface area contributed by atoms with Gasteiger partial charge in [0.15, 0.2) is 0 Å². The molecule has 0 heterocycles. The molecule has 0 rings (SSSR count). The average molecular weight is 300 g/mol. The first kappa shape index (κ1) is 17.2. The molecule has 0 aromatic heterocycles. The molecule has 0 aliphatic rings. The van der Waals surface area contributed by atoms with Gasteiger partial charge in [-0.25, -0.2) is 0 Å². The molecule has 11 heavy (non-hydrogen) atoms. The molecule has 0 fully saturated rings. The summed E-state index contributed by atoms with van der Waals surface area (Å²) in [5.41, 5.74) is 0. The van der Waals surface area contributed by atoms with Crippen molar-refractivity contribution in [2.75, 3.05) is 0 Å². The average Bonchev–Trinajstić information content (AvgIpc) is 1.89. The van der Waals surface area contributed by atoms with Crippen molar-refractivity contribution in [3.63, 3.8) is 0 Å². The number of aliphatic carboxylic acids is 2. The predicted octanol–water partition coefficient (Wildman–Crippen LogP) is -2.12. The van der Waals surface area contributed by atoms with Gasteiger partial charge in [0.05, 0.1) is 11.9 Å². The third-order valence-electron chi connectivity index (χ3n) is 0.355. The largest absolute Gasteiger partial charge is 3.00 e. The van der Waals surface area contributed by atoms with Gasteiger partial charge in [0.25, 0.3) is 0 Å². The second kappa shape index (κ2) is 12.7. The van der Waals surface area contributed by atoms with Crippen LogP contribution < -0.4 is 10.2 Å². The maximum absolute atomic E-state index is 9.41. The molecule has 0 aromatic rings. The molecule has 0 aliphatic heterocycles. The van der Waals surface area contributed by atoms with Crippen LogP contribution in [0.1, 0.15) is 6.92 Å². The van der Waals surface area contributed by atoms with Crippen LogP contribution in [0.15, 0.2) is 12.2 Å². The molecular formula is C6H7GdO4. The zero-order valence-corrected chi connectivity index (χ0v) is 8.12. The van der Waals surface area contributed by atoms with Crippen LogP contribution in [0.25, 0.3) is 0 Å². The molecule has 0 unspecified atom stereocenters. The minimum atomic E-state index is -1.55. The Morgan fingerprint density at radius 2 is 1.27 bits per heavy atom. The molecule has 0 aliphatic carbocycles. The minimum absolute atomic E-state index is 0. The third-order valence-corrected chi connectivity index (χ3v) is 0.355. The summed E-state index contributed by atoms with van der Waals surface area (Å²) in [6.45, 7) is 5.00. The molecule has 0 atom stereocenters. The van der Waals surface area contributed by atoms with Crippen LogP contribution in [0.5, 0.6) is 0 Å². The van der Waals surface area contributed by atoms with Gasteiger partial charge in [-0.15, -0.1) is 0 Å². The zero-order chi connectivity index (χ0) is 8.57. The number of carbonyl (C=O) groups is 2. The van der Waals surface area contributed by atoms with Crippen LogP contribution in [-0.2, 0) is 9.59 Å². The van der Waals surface area contributed by atoms with Crippen molar-refractivity contribution in [2.24, 2.45) is 0 Å². The molecule has 0 saturated carbocycles. The number of rotatable bonds is 2. The van der Waals surface area contributed by atoms with Gasteiger partial charge in [-0.3, -0.25) is 0 Å². The Balaban J connectivity index is -0.000000196. The molecule has 0 amide bonds. The summed E-state index contributed by atoms with van der Waals surface area (Å²) in [4.78, 5) is 18.8. The second-order valence-electron chi connectivity index (χ2n) is 0.971. The maximum Gasteiger partial charge on any atom is 3.00 e. The zero-order valence-electron chi connectivity index (χ0n) is 5.85. The SMILES string of the molecule is O=C([O-])/C=C\C(=O)[O-].[CH2-]C.[Gd+3]. The van der Waals surface area contributed by atoms with Crippen molar-refractivity contribution in [3.05, 3.63) is 19.1 Å². The van der Waals surface area contributed by atoms with Crippen LogP contribution in [0.2, 0.25) is 0 Å². The number of hydrogen-bond donors (Lipinski definition) is 0. The Bertz CT molecular complexity index is 126. The number of hydrogen-bond acceptors (Lipinski definition) is 4. The van der Waals surface area contributed by atoms with E-state index < -0.39 is 11.9 Å². The summed E-state index contributed by atoms with van der Waals surface area (Å²) in [5, 5.41) is 18.8. The standard InChI is InChI=1S/C4H4O4.C2H5.Gd/c5-3(6)1-2-4(7)8;1-2;/h1-2H,(H,5,6)(H,7,8);1H2,2H3;/q;-1;+3/p-2/b2-1-;;. The molecule has 5 heteroatoms. The number of carboxylic acids is 2. The van der Waals surface area contributed by atoms with E-state index in [0.29, 0.717) is 12.2 Å². The topological polar surface area (TPSA) is 80.3 Å². The van der Waals surface area contributed by atoms with Gasteiger partial charge in [0, 0.05) is 0 Å². The second-order valence-corrected chi connectivity index (χ2v) is 0.971. The van der Waals surface area contributed by atoms with Gasteiger partial charge in [0.1, 0.15) is 0 Å². The van der Waals surface area contributed by atoms with Crippen LogP contribution in [0.3, 0.4) is 0 Å². The summed E-state index contributed by atoms with van der Waals surface area (Å²) in [5.74, 6) is -3.09. The van der Waals surface area contributed by atoms with E-state index in [9.17, 15) is 19.8 Å². The van der Waals surface area contributed by atoms with Crippen molar-refractivity contribution in [3.8, 4) is 0 Å². The first-order valence-electron chi connectivity index (χ1n) is 2.43. The van der Waals surface area contributed by atoms with E-state index in [2.05, 4.69) is 6.92 Å². The van der Waals surface area contributed by atoms with Crippen LogP contribution in [-0.4, -0.2) is 11.9 Å². The Morgan fingerprint density at radius 3 is 1.36 bits per heavy atom. The van der Waals surface area contributed by atoms with Crippen LogP contribution >= 0.6 is 0 Å². The quantitative estimate of drug-likeness (QED) is 0.431. The van der Waals surface area contributed by atoms with Gasteiger partial charge < -0.3 is 26.7 Å². The van der Waals surface area contributed by atoms with Crippen molar-refractivity contribution >= 4 is 11.9 Å². The van der Waals surface area contributed by atoms with Gasteiger partial charge in [-0.2, -0.15) is 6.92 Å². The fraction of sp³-hybridized carbons (Fsp3) is 0.167. The molecular weight excluding hydrogens is 293 g/mol. The predicted molar refractivity (Wildman–Crippen MR) is 30.2 cm³/mol. The fourth-order valence-corrected chi connectivity index (χ4v) is 0.136. The third kappa shape index (κ3) is 25.6. The molecule has 1 radical (unpaired) electrons. The van der Waals surface area contributed by atoms with E-state index in [-0.39, 0.29) is 39.9 Å². The van der Waals surface area contributed by atoms with Crippen LogP contribution in [0.4, 0.5) is 0 Å².